The van der Waals surface area contributed by atoms with E-state index in [1.54, 1.807) is 12.3 Å². The number of imidazole rings is 1. The maximum Gasteiger partial charge on any atom is 0.222 e. The fraction of sp³-hybridized carbons (Fsp3) is 0.412. The molecule has 0 bridgehead atoms. The number of hydrogen-bond donors (Lipinski definition) is 1. The number of amides is 1. The predicted octanol–water partition coefficient (Wildman–Crippen LogP) is 2.89. The molecule has 1 saturated heterocycles. The van der Waals surface area contributed by atoms with E-state index in [2.05, 4.69) is 9.97 Å². The van der Waals surface area contributed by atoms with Crippen molar-refractivity contribution in [2.75, 3.05) is 13.1 Å². The molecule has 1 aliphatic rings. The number of hydrogen-bond acceptors (Lipinski definition) is 2. The van der Waals surface area contributed by atoms with E-state index in [1.807, 2.05) is 17.2 Å². The van der Waals surface area contributed by atoms with Crippen LogP contribution >= 0.6 is 0 Å². The van der Waals surface area contributed by atoms with Gasteiger partial charge in [-0.1, -0.05) is 12.1 Å². The smallest absolute Gasteiger partial charge is 0.222 e. The first kappa shape index (κ1) is 14.8. The van der Waals surface area contributed by atoms with E-state index in [0.29, 0.717) is 18.8 Å². The van der Waals surface area contributed by atoms with Gasteiger partial charge in [-0.3, -0.25) is 4.79 Å². The molecular weight excluding hydrogens is 281 g/mol. The second-order valence-electron chi connectivity index (χ2n) is 5.76. The minimum Gasteiger partial charge on any atom is -0.348 e. The van der Waals surface area contributed by atoms with Crippen LogP contribution in [0.1, 0.15) is 36.6 Å². The van der Waals surface area contributed by atoms with Gasteiger partial charge >= 0.3 is 0 Å². The van der Waals surface area contributed by atoms with Gasteiger partial charge in [-0.05, 0) is 37.0 Å². The van der Waals surface area contributed by atoms with Crippen LogP contribution in [0, 0.1) is 5.82 Å². The van der Waals surface area contributed by atoms with Crippen molar-refractivity contribution >= 4 is 5.91 Å². The second-order valence-corrected chi connectivity index (χ2v) is 5.76. The van der Waals surface area contributed by atoms with Crippen LogP contribution < -0.4 is 0 Å². The Kier molecular flexibility index (Phi) is 4.51. The molecule has 5 heteroatoms. The number of carbonyl (C=O) groups is 1. The molecule has 2 aromatic rings. The van der Waals surface area contributed by atoms with E-state index in [4.69, 9.17) is 0 Å². The number of H-pyrrole nitrogens is 1. The highest BCUT2D eigenvalue weighted by Gasteiger charge is 2.24. The molecule has 3 rings (SSSR count). The van der Waals surface area contributed by atoms with Crippen LogP contribution in [0.2, 0.25) is 0 Å². The SMILES string of the molecule is O=C(CCc1cccc(F)c1)N1CCC(c2ncc[nH]2)CC1. The first-order chi connectivity index (χ1) is 10.7. The summed E-state index contributed by atoms with van der Waals surface area (Å²) in [6.07, 6.45) is 6.53. The van der Waals surface area contributed by atoms with E-state index in [1.165, 1.54) is 12.1 Å². The molecule has 22 heavy (non-hydrogen) atoms. The number of piperidine rings is 1. The third kappa shape index (κ3) is 3.53. The standard InChI is InChI=1S/C17H20FN3O/c18-15-3-1-2-13(12-15)4-5-16(22)21-10-6-14(7-11-21)17-19-8-9-20-17/h1-3,8-9,12,14H,4-7,10-11H2,(H,19,20). The van der Waals surface area contributed by atoms with Gasteiger partial charge in [0.25, 0.3) is 0 Å². The summed E-state index contributed by atoms with van der Waals surface area (Å²) < 4.78 is 13.1. The van der Waals surface area contributed by atoms with Crippen molar-refractivity contribution in [3.63, 3.8) is 0 Å². The summed E-state index contributed by atoms with van der Waals surface area (Å²) in [6, 6.07) is 6.46. The van der Waals surface area contributed by atoms with Gasteiger partial charge in [-0.15, -0.1) is 0 Å². The Bertz CT molecular complexity index is 619. The van der Waals surface area contributed by atoms with Gasteiger partial charge in [0.2, 0.25) is 5.91 Å². The number of nitrogens with one attached hydrogen (secondary N) is 1. The van der Waals surface area contributed by atoms with Crippen LogP contribution in [0.3, 0.4) is 0 Å². The van der Waals surface area contributed by atoms with Crippen LogP contribution in [0.5, 0.6) is 0 Å². The molecule has 116 valence electrons. The molecular formula is C17H20FN3O. The zero-order valence-electron chi connectivity index (χ0n) is 12.5. The number of aromatic nitrogens is 2. The number of aromatic amines is 1. The first-order valence-electron chi connectivity index (χ1n) is 7.74. The molecule has 0 atom stereocenters. The van der Waals surface area contributed by atoms with Crippen LogP contribution in [0.25, 0.3) is 0 Å². The first-order valence-corrected chi connectivity index (χ1v) is 7.74. The predicted molar refractivity (Wildman–Crippen MR) is 81.9 cm³/mol. The second kappa shape index (κ2) is 6.73. The Labute approximate surface area is 129 Å². The third-order valence-corrected chi connectivity index (χ3v) is 4.27. The third-order valence-electron chi connectivity index (χ3n) is 4.27. The van der Waals surface area contributed by atoms with Crippen molar-refractivity contribution in [3.8, 4) is 0 Å². The van der Waals surface area contributed by atoms with Crippen LogP contribution in [0.15, 0.2) is 36.7 Å². The van der Waals surface area contributed by atoms with Gasteiger partial charge < -0.3 is 9.88 Å². The highest BCUT2D eigenvalue weighted by atomic mass is 19.1. The summed E-state index contributed by atoms with van der Waals surface area (Å²) in [5, 5.41) is 0. The lowest BCUT2D eigenvalue weighted by molar-refractivity contribution is -0.132. The number of rotatable bonds is 4. The zero-order valence-corrected chi connectivity index (χ0v) is 12.5. The minimum atomic E-state index is -0.246. The summed E-state index contributed by atoms with van der Waals surface area (Å²) >= 11 is 0. The minimum absolute atomic E-state index is 0.155. The van der Waals surface area contributed by atoms with Crippen molar-refractivity contribution in [2.24, 2.45) is 0 Å². The number of benzene rings is 1. The van der Waals surface area contributed by atoms with E-state index < -0.39 is 0 Å². The van der Waals surface area contributed by atoms with Gasteiger partial charge in [0, 0.05) is 37.8 Å². The van der Waals surface area contributed by atoms with Gasteiger partial charge in [-0.2, -0.15) is 0 Å². The van der Waals surface area contributed by atoms with Gasteiger partial charge in [0.05, 0.1) is 0 Å². The molecule has 1 N–H and O–H groups in total. The molecule has 4 nitrogen and oxygen atoms in total. The maximum atomic E-state index is 13.1. The molecule has 0 aliphatic carbocycles. The van der Waals surface area contributed by atoms with E-state index in [0.717, 1.165) is 37.3 Å². The quantitative estimate of drug-likeness (QED) is 0.944. The maximum absolute atomic E-state index is 13.1. The van der Waals surface area contributed by atoms with E-state index in [9.17, 15) is 9.18 Å². The van der Waals surface area contributed by atoms with E-state index in [-0.39, 0.29) is 11.7 Å². The molecule has 2 heterocycles. The Hall–Kier alpha value is -2.17. The summed E-state index contributed by atoms with van der Waals surface area (Å²) in [7, 11) is 0. The molecule has 1 fully saturated rings. The topological polar surface area (TPSA) is 49.0 Å². The van der Waals surface area contributed by atoms with Crippen molar-refractivity contribution in [2.45, 2.75) is 31.6 Å². The largest absolute Gasteiger partial charge is 0.348 e. The monoisotopic (exact) mass is 301 g/mol. The fourth-order valence-electron chi connectivity index (χ4n) is 3.00. The lowest BCUT2D eigenvalue weighted by atomic mass is 9.95. The fourth-order valence-corrected chi connectivity index (χ4v) is 3.00. The summed E-state index contributed by atoms with van der Waals surface area (Å²) in [4.78, 5) is 21.6. The van der Waals surface area contributed by atoms with Crippen LogP contribution in [-0.2, 0) is 11.2 Å². The zero-order chi connectivity index (χ0) is 15.4. The number of halogens is 1. The lowest BCUT2D eigenvalue weighted by Gasteiger charge is -2.31. The number of carbonyl (C=O) groups excluding carboxylic acids is 1. The molecule has 1 aromatic heterocycles. The Morgan fingerprint density at radius 3 is 2.86 bits per heavy atom. The summed E-state index contributed by atoms with van der Waals surface area (Å²) in [5.74, 6) is 1.35. The normalized spacial score (nSPS) is 16.0. The molecule has 1 amide bonds. The van der Waals surface area contributed by atoms with E-state index >= 15 is 0 Å². The summed E-state index contributed by atoms with van der Waals surface area (Å²) in [5.41, 5.74) is 0.874. The van der Waals surface area contributed by atoms with Gasteiger partial charge in [0.15, 0.2) is 0 Å². The number of nitrogens with zero attached hydrogens (tertiary/aromatic N) is 2. The highest BCUT2D eigenvalue weighted by molar-refractivity contribution is 5.76. The van der Waals surface area contributed by atoms with Crippen LogP contribution in [-0.4, -0.2) is 33.9 Å². The van der Waals surface area contributed by atoms with Crippen molar-refractivity contribution in [3.05, 3.63) is 53.9 Å². The van der Waals surface area contributed by atoms with Gasteiger partial charge in [0.1, 0.15) is 11.6 Å². The number of aryl methyl sites for hydroxylation is 1. The van der Waals surface area contributed by atoms with Crippen molar-refractivity contribution in [1.29, 1.82) is 0 Å². The highest BCUT2D eigenvalue weighted by Crippen LogP contribution is 2.25. The molecule has 0 unspecified atom stereocenters. The van der Waals surface area contributed by atoms with Crippen LogP contribution in [0.4, 0.5) is 4.39 Å². The Balaban J connectivity index is 1.48. The summed E-state index contributed by atoms with van der Waals surface area (Å²) in [6.45, 7) is 1.54. The average molecular weight is 301 g/mol. The molecule has 1 aromatic carbocycles. The Morgan fingerprint density at radius 2 is 2.18 bits per heavy atom. The van der Waals surface area contributed by atoms with Gasteiger partial charge in [-0.25, -0.2) is 9.37 Å². The Morgan fingerprint density at radius 1 is 1.36 bits per heavy atom. The lowest BCUT2D eigenvalue weighted by Crippen LogP contribution is -2.38. The van der Waals surface area contributed by atoms with Crippen molar-refractivity contribution in [1.82, 2.24) is 14.9 Å². The molecule has 0 spiro atoms. The molecule has 1 aliphatic heterocycles. The molecule has 0 saturated carbocycles. The van der Waals surface area contributed by atoms with Crippen molar-refractivity contribution < 1.29 is 9.18 Å². The molecule has 0 radical (unpaired) electrons. The average Bonchev–Trinajstić information content (AvgIpc) is 3.07. The number of likely N-dealkylation sites (tertiary alicyclic amines) is 1.